The Morgan fingerprint density at radius 1 is 0.971 bits per heavy atom. The van der Waals surface area contributed by atoms with Crippen molar-refractivity contribution in [2.24, 2.45) is 13.0 Å². The fourth-order valence-electron chi connectivity index (χ4n) is 3.88. The van der Waals surface area contributed by atoms with Crippen LogP contribution in [0.1, 0.15) is 39.7 Å². The molecule has 1 aromatic heterocycles. The predicted molar refractivity (Wildman–Crippen MR) is 137 cm³/mol. The fraction of sp³-hybridized carbons (Fsp3) is 0.464. The van der Waals surface area contributed by atoms with Crippen LogP contribution in [0, 0.1) is 5.92 Å². The molecule has 0 saturated heterocycles. The number of hydrogen-bond donors (Lipinski definition) is 1. The second kappa shape index (κ2) is 12.7. The van der Waals surface area contributed by atoms with Crippen LogP contribution in [0.3, 0.4) is 0 Å². The van der Waals surface area contributed by atoms with Crippen molar-refractivity contribution in [1.82, 2.24) is 14.7 Å². The van der Waals surface area contributed by atoms with Crippen LogP contribution in [-0.2, 0) is 18.3 Å². The highest BCUT2D eigenvalue weighted by molar-refractivity contribution is 5.65. The molecule has 1 N–H and O–H groups in total. The number of aryl methyl sites for hydroxylation is 1. The average Bonchev–Trinajstić information content (AvgIpc) is 3.14. The molecule has 0 amide bonds. The Balaban J connectivity index is 1.91. The van der Waals surface area contributed by atoms with Gasteiger partial charge in [-0.3, -0.25) is 4.90 Å². The maximum Gasteiger partial charge on any atom is 0.222 e. The van der Waals surface area contributed by atoms with Crippen molar-refractivity contribution in [3.05, 3.63) is 66.2 Å². The fourth-order valence-corrected chi connectivity index (χ4v) is 3.88. The summed E-state index contributed by atoms with van der Waals surface area (Å²) in [6.45, 7) is 10.7. The molecule has 0 unspecified atom stereocenters. The van der Waals surface area contributed by atoms with E-state index in [4.69, 9.17) is 14.6 Å². The van der Waals surface area contributed by atoms with E-state index in [-0.39, 0.29) is 6.04 Å². The van der Waals surface area contributed by atoms with Crippen LogP contribution in [0.4, 0.5) is 0 Å². The van der Waals surface area contributed by atoms with E-state index in [0.717, 1.165) is 29.0 Å². The van der Waals surface area contributed by atoms with E-state index in [2.05, 4.69) is 44.7 Å². The van der Waals surface area contributed by atoms with E-state index < -0.39 is 6.10 Å². The molecule has 0 radical (unpaired) electrons. The van der Waals surface area contributed by atoms with Gasteiger partial charge in [-0.2, -0.15) is 5.10 Å². The van der Waals surface area contributed by atoms with E-state index >= 15 is 0 Å². The Labute approximate surface area is 204 Å². The van der Waals surface area contributed by atoms with Crippen LogP contribution in [0.5, 0.6) is 11.6 Å². The zero-order valence-corrected chi connectivity index (χ0v) is 21.1. The third kappa shape index (κ3) is 7.16. The lowest BCUT2D eigenvalue weighted by molar-refractivity contribution is 0.0000409. The van der Waals surface area contributed by atoms with Crippen molar-refractivity contribution in [1.29, 1.82) is 0 Å². The van der Waals surface area contributed by atoms with Gasteiger partial charge in [-0.15, -0.1) is 0 Å². The van der Waals surface area contributed by atoms with Crippen LogP contribution in [0.15, 0.2) is 60.7 Å². The molecule has 34 heavy (non-hydrogen) atoms. The first kappa shape index (κ1) is 25.9. The first-order chi connectivity index (χ1) is 16.4. The average molecular weight is 466 g/mol. The second-order valence-corrected chi connectivity index (χ2v) is 9.31. The monoisotopic (exact) mass is 465 g/mol. The van der Waals surface area contributed by atoms with Gasteiger partial charge < -0.3 is 14.6 Å². The number of nitrogens with zero attached hydrogens (tertiary/aromatic N) is 3. The van der Waals surface area contributed by atoms with Gasteiger partial charge in [-0.1, -0.05) is 69.3 Å². The molecule has 6 nitrogen and oxygen atoms in total. The molecule has 0 spiro atoms. The van der Waals surface area contributed by atoms with E-state index in [9.17, 15) is 5.11 Å². The Kier molecular flexibility index (Phi) is 9.69. The molecule has 2 atom stereocenters. The van der Waals surface area contributed by atoms with Crippen molar-refractivity contribution in [2.45, 2.75) is 52.8 Å². The van der Waals surface area contributed by atoms with Crippen molar-refractivity contribution in [2.75, 3.05) is 19.8 Å². The van der Waals surface area contributed by atoms with Gasteiger partial charge in [0.25, 0.3) is 0 Å². The van der Waals surface area contributed by atoms with Crippen LogP contribution >= 0.6 is 0 Å². The number of hydrogen-bond acceptors (Lipinski definition) is 5. The summed E-state index contributed by atoms with van der Waals surface area (Å²) >= 11 is 0. The Morgan fingerprint density at radius 3 is 2.24 bits per heavy atom. The minimum Gasteiger partial charge on any atom is -0.439 e. The van der Waals surface area contributed by atoms with Crippen LogP contribution in [-0.4, -0.2) is 51.7 Å². The van der Waals surface area contributed by atoms with Gasteiger partial charge in [0.2, 0.25) is 5.88 Å². The number of aliphatic hydroxyl groups is 1. The molecule has 0 aliphatic carbocycles. The summed E-state index contributed by atoms with van der Waals surface area (Å²) < 4.78 is 13.9. The number of para-hydroxylation sites is 1. The van der Waals surface area contributed by atoms with Gasteiger partial charge >= 0.3 is 0 Å². The highest BCUT2D eigenvalue weighted by Gasteiger charge is 2.25. The number of rotatable bonds is 13. The van der Waals surface area contributed by atoms with E-state index in [0.29, 0.717) is 38.1 Å². The number of aliphatic hydroxyl groups excluding tert-OH is 1. The number of benzene rings is 2. The molecule has 0 aliphatic heterocycles. The Hall–Kier alpha value is -2.67. The normalized spacial score (nSPS) is 13.4. The van der Waals surface area contributed by atoms with E-state index in [1.807, 2.05) is 60.3 Å². The molecule has 184 valence electrons. The molecule has 0 bridgehead atoms. The molecule has 0 aliphatic rings. The molecule has 3 aromatic rings. The van der Waals surface area contributed by atoms with Gasteiger partial charge in [-0.05, 0) is 31.4 Å². The van der Waals surface area contributed by atoms with Gasteiger partial charge in [0.1, 0.15) is 11.4 Å². The smallest absolute Gasteiger partial charge is 0.222 e. The summed E-state index contributed by atoms with van der Waals surface area (Å²) in [7, 11) is 1.91. The maximum atomic E-state index is 10.7. The first-order valence-corrected chi connectivity index (χ1v) is 12.2. The highest BCUT2D eigenvalue weighted by atomic mass is 16.5. The van der Waals surface area contributed by atoms with E-state index in [1.165, 1.54) is 0 Å². The summed E-state index contributed by atoms with van der Waals surface area (Å²) in [5.74, 6) is 1.92. The van der Waals surface area contributed by atoms with Crippen molar-refractivity contribution >= 4 is 0 Å². The minimum atomic E-state index is -0.567. The topological polar surface area (TPSA) is 59.8 Å². The van der Waals surface area contributed by atoms with Crippen LogP contribution in [0.2, 0.25) is 0 Å². The SMILES string of the molecule is CC[C@@H](C)N(Cc1c(-c2ccccc2)nn(C)c1Oc1ccccc1)C[C@H](O)COCC(C)C. The summed E-state index contributed by atoms with van der Waals surface area (Å²) in [5, 5.41) is 15.6. The zero-order valence-electron chi connectivity index (χ0n) is 21.1. The predicted octanol–water partition coefficient (Wildman–Crippen LogP) is 5.51. The Morgan fingerprint density at radius 2 is 1.62 bits per heavy atom. The van der Waals surface area contributed by atoms with Crippen molar-refractivity contribution in [3.63, 3.8) is 0 Å². The van der Waals surface area contributed by atoms with Crippen LogP contribution < -0.4 is 4.74 Å². The molecular weight excluding hydrogens is 426 g/mol. The molecule has 0 saturated carbocycles. The largest absolute Gasteiger partial charge is 0.439 e. The quantitative estimate of drug-likeness (QED) is 0.360. The summed E-state index contributed by atoms with van der Waals surface area (Å²) in [6, 6.07) is 20.2. The number of ether oxygens (including phenoxy) is 2. The standard InChI is InChI=1S/C28H39N3O3/c1-6-22(4)31(17-24(32)20-33-19-21(2)3)18-26-27(23-13-9-7-10-14-23)29-30(5)28(26)34-25-15-11-8-12-16-25/h7-16,21-22,24,32H,6,17-20H2,1-5H3/t22-,24+/m1/s1. The molecule has 0 fully saturated rings. The second-order valence-electron chi connectivity index (χ2n) is 9.31. The molecule has 2 aromatic carbocycles. The maximum absolute atomic E-state index is 10.7. The third-order valence-corrected chi connectivity index (χ3v) is 5.87. The first-order valence-electron chi connectivity index (χ1n) is 12.2. The molecule has 3 rings (SSSR count). The minimum absolute atomic E-state index is 0.271. The number of aromatic nitrogens is 2. The van der Waals surface area contributed by atoms with Crippen LogP contribution in [0.25, 0.3) is 11.3 Å². The Bertz CT molecular complexity index is 989. The van der Waals surface area contributed by atoms with Gasteiger partial charge in [0.15, 0.2) is 0 Å². The zero-order chi connectivity index (χ0) is 24.5. The van der Waals surface area contributed by atoms with Crippen molar-refractivity contribution in [3.8, 4) is 22.9 Å². The lowest BCUT2D eigenvalue weighted by atomic mass is 10.1. The molecular formula is C28H39N3O3. The van der Waals surface area contributed by atoms with Gasteiger partial charge in [-0.25, -0.2) is 4.68 Å². The lowest BCUT2D eigenvalue weighted by Crippen LogP contribution is -2.40. The molecule has 6 heteroatoms. The van der Waals surface area contributed by atoms with Crippen molar-refractivity contribution < 1.29 is 14.6 Å². The van der Waals surface area contributed by atoms with Gasteiger partial charge in [0.05, 0.1) is 18.3 Å². The lowest BCUT2D eigenvalue weighted by Gasteiger charge is -2.30. The summed E-state index contributed by atoms with van der Waals surface area (Å²) in [5.41, 5.74) is 2.95. The molecule has 1 heterocycles. The third-order valence-electron chi connectivity index (χ3n) is 5.87. The summed E-state index contributed by atoms with van der Waals surface area (Å²) in [6.07, 6.45) is 0.401. The van der Waals surface area contributed by atoms with Gasteiger partial charge in [0, 0.05) is 38.3 Å². The highest BCUT2D eigenvalue weighted by Crippen LogP contribution is 2.34. The summed E-state index contributed by atoms with van der Waals surface area (Å²) in [4.78, 5) is 2.30. The van der Waals surface area contributed by atoms with E-state index in [1.54, 1.807) is 0 Å².